The van der Waals surface area contributed by atoms with E-state index >= 15 is 0 Å². The number of aliphatic carboxylic acids is 1. The monoisotopic (exact) mass is 295 g/mol. The van der Waals surface area contributed by atoms with Gasteiger partial charge in [-0.1, -0.05) is 6.07 Å². The van der Waals surface area contributed by atoms with Crippen LogP contribution in [0.2, 0.25) is 0 Å². The first kappa shape index (κ1) is 15.8. The summed E-state index contributed by atoms with van der Waals surface area (Å²) in [6, 6.07) is 5.04. The second-order valence-electron chi connectivity index (χ2n) is 5.97. The highest BCUT2D eigenvalue weighted by atomic mass is 19.1. The van der Waals surface area contributed by atoms with E-state index in [1.807, 2.05) is 13.0 Å². The molecule has 1 heterocycles. The molecule has 5 heteroatoms. The predicted molar refractivity (Wildman–Crippen MR) is 77.9 cm³/mol. The Hall–Kier alpha value is -1.62. The Balaban J connectivity index is 2.07. The third kappa shape index (κ3) is 3.18. The number of carboxylic acid groups (broad SMARTS) is 1. The molecule has 4 nitrogen and oxygen atoms in total. The number of piperidine rings is 1. The van der Waals surface area contributed by atoms with Gasteiger partial charge in [0.2, 0.25) is 0 Å². The van der Waals surface area contributed by atoms with Crippen LogP contribution in [-0.2, 0) is 4.79 Å². The Morgan fingerprint density at radius 1 is 1.43 bits per heavy atom. The first-order valence-electron chi connectivity index (χ1n) is 7.18. The minimum atomic E-state index is -0.731. The number of methoxy groups -OCH3 is 1. The van der Waals surface area contributed by atoms with Crippen molar-refractivity contribution in [1.82, 2.24) is 4.90 Å². The lowest BCUT2D eigenvalue weighted by Crippen LogP contribution is -2.43. The van der Waals surface area contributed by atoms with Crippen molar-refractivity contribution in [2.45, 2.75) is 32.7 Å². The van der Waals surface area contributed by atoms with Crippen LogP contribution in [-0.4, -0.2) is 36.2 Å². The summed E-state index contributed by atoms with van der Waals surface area (Å²) < 4.78 is 18.7. The second kappa shape index (κ2) is 6.02. The van der Waals surface area contributed by atoms with E-state index in [4.69, 9.17) is 4.74 Å². The maximum absolute atomic E-state index is 13.8. The van der Waals surface area contributed by atoms with Crippen molar-refractivity contribution >= 4 is 5.97 Å². The summed E-state index contributed by atoms with van der Waals surface area (Å²) >= 11 is 0. The first-order chi connectivity index (χ1) is 9.87. The lowest BCUT2D eigenvalue weighted by Gasteiger charge is -2.39. The normalized spacial score (nSPS) is 20.0. The molecule has 0 bridgehead atoms. The van der Waals surface area contributed by atoms with Gasteiger partial charge in [0.1, 0.15) is 0 Å². The molecule has 0 aliphatic carbocycles. The Labute approximate surface area is 124 Å². The number of carboxylic acids is 1. The molecule has 116 valence electrons. The number of nitrogens with zero attached hydrogens (tertiary/aromatic N) is 1. The molecular weight excluding hydrogens is 273 g/mol. The van der Waals surface area contributed by atoms with Gasteiger partial charge >= 0.3 is 5.97 Å². The van der Waals surface area contributed by atoms with Gasteiger partial charge in [-0.2, -0.15) is 0 Å². The molecule has 1 atom stereocenters. The van der Waals surface area contributed by atoms with Gasteiger partial charge < -0.3 is 9.84 Å². The molecule has 1 aliphatic rings. The summed E-state index contributed by atoms with van der Waals surface area (Å²) in [5, 5.41) is 9.25. The minimum absolute atomic E-state index is 0.0590. The second-order valence-corrected chi connectivity index (χ2v) is 5.97. The van der Waals surface area contributed by atoms with Crippen LogP contribution in [0.25, 0.3) is 0 Å². The maximum atomic E-state index is 13.8. The van der Waals surface area contributed by atoms with Gasteiger partial charge in [0.25, 0.3) is 0 Å². The van der Waals surface area contributed by atoms with Crippen molar-refractivity contribution in [2.24, 2.45) is 5.41 Å². The predicted octanol–water partition coefficient (Wildman–Crippen LogP) is 3.08. The fraction of sp³-hybridized carbons (Fsp3) is 0.562. The van der Waals surface area contributed by atoms with Crippen LogP contribution in [0.5, 0.6) is 5.75 Å². The smallest absolute Gasteiger partial charge is 0.309 e. The molecule has 1 N–H and O–H groups in total. The fourth-order valence-electron chi connectivity index (χ4n) is 2.77. The van der Waals surface area contributed by atoms with Gasteiger partial charge in [-0.25, -0.2) is 4.39 Å². The Morgan fingerprint density at radius 3 is 2.52 bits per heavy atom. The third-order valence-electron chi connectivity index (χ3n) is 4.62. The van der Waals surface area contributed by atoms with E-state index in [0.717, 1.165) is 5.56 Å². The van der Waals surface area contributed by atoms with E-state index in [9.17, 15) is 14.3 Å². The van der Waals surface area contributed by atoms with Crippen molar-refractivity contribution in [1.29, 1.82) is 0 Å². The average Bonchev–Trinajstić information content (AvgIpc) is 2.47. The molecule has 1 aliphatic heterocycles. The molecule has 1 unspecified atom stereocenters. The van der Waals surface area contributed by atoms with Crippen LogP contribution in [0.1, 0.15) is 38.3 Å². The fourth-order valence-corrected chi connectivity index (χ4v) is 2.77. The number of ether oxygens (including phenoxy) is 1. The minimum Gasteiger partial charge on any atom is -0.494 e. The zero-order valence-corrected chi connectivity index (χ0v) is 12.7. The van der Waals surface area contributed by atoms with Crippen LogP contribution in [0.15, 0.2) is 18.2 Å². The molecule has 0 saturated carbocycles. The van der Waals surface area contributed by atoms with E-state index in [0.29, 0.717) is 25.9 Å². The molecular formula is C16H22FNO3. The number of rotatable bonds is 4. The molecule has 21 heavy (non-hydrogen) atoms. The third-order valence-corrected chi connectivity index (χ3v) is 4.62. The summed E-state index contributed by atoms with van der Waals surface area (Å²) in [7, 11) is 1.44. The number of hydrogen-bond donors (Lipinski definition) is 1. The molecule has 1 fully saturated rings. The summed E-state index contributed by atoms with van der Waals surface area (Å²) in [4.78, 5) is 13.5. The van der Waals surface area contributed by atoms with E-state index in [1.165, 1.54) is 13.2 Å². The highest BCUT2D eigenvalue weighted by molar-refractivity contribution is 5.74. The van der Waals surface area contributed by atoms with E-state index < -0.39 is 11.4 Å². The largest absolute Gasteiger partial charge is 0.494 e. The first-order valence-corrected chi connectivity index (χ1v) is 7.18. The van der Waals surface area contributed by atoms with Crippen molar-refractivity contribution in [2.75, 3.05) is 20.2 Å². The van der Waals surface area contributed by atoms with Crippen LogP contribution >= 0.6 is 0 Å². The summed E-state index contributed by atoms with van der Waals surface area (Å²) in [5.74, 6) is -0.859. The number of benzene rings is 1. The standard InChI is InChI=1S/C16H22FNO3/c1-11(12-4-5-14(21-3)13(17)10-12)18-8-6-16(2,7-9-18)15(19)20/h4-5,10-11H,6-9H2,1-3H3,(H,19,20). The Kier molecular flexibility index (Phi) is 4.52. The zero-order valence-electron chi connectivity index (χ0n) is 12.7. The van der Waals surface area contributed by atoms with E-state index in [1.54, 1.807) is 13.0 Å². The van der Waals surface area contributed by atoms with E-state index in [2.05, 4.69) is 4.90 Å². The summed E-state index contributed by atoms with van der Waals surface area (Å²) in [6.45, 7) is 5.23. The number of hydrogen-bond acceptors (Lipinski definition) is 3. The van der Waals surface area contributed by atoms with Gasteiger partial charge in [0, 0.05) is 6.04 Å². The summed E-state index contributed by atoms with van der Waals surface area (Å²) in [5.41, 5.74) is 0.244. The molecule has 1 aromatic carbocycles. The highest BCUT2D eigenvalue weighted by Crippen LogP contribution is 2.35. The van der Waals surface area contributed by atoms with Crippen molar-refractivity contribution < 1.29 is 19.0 Å². The van der Waals surface area contributed by atoms with Crippen LogP contribution in [0.3, 0.4) is 0 Å². The molecule has 0 aromatic heterocycles. The van der Waals surface area contributed by atoms with Crippen molar-refractivity contribution in [3.05, 3.63) is 29.6 Å². The van der Waals surface area contributed by atoms with Crippen LogP contribution in [0.4, 0.5) is 4.39 Å². The lowest BCUT2D eigenvalue weighted by atomic mass is 9.80. The SMILES string of the molecule is COc1ccc(C(C)N2CCC(C)(C(=O)O)CC2)cc1F. The zero-order chi connectivity index (χ0) is 15.6. The molecule has 0 amide bonds. The van der Waals surface area contributed by atoms with Gasteiger partial charge in [0.05, 0.1) is 12.5 Å². The van der Waals surface area contributed by atoms with Gasteiger partial charge in [-0.3, -0.25) is 9.69 Å². The van der Waals surface area contributed by atoms with Crippen molar-refractivity contribution in [3.63, 3.8) is 0 Å². The Bertz CT molecular complexity index is 524. The average molecular weight is 295 g/mol. The topological polar surface area (TPSA) is 49.8 Å². The maximum Gasteiger partial charge on any atom is 0.309 e. The molecule has 1 aromatic rings. The quantitative estimate of drug-likeness (QED) is 0.927. The number of carbonyl (C=O) groups is 1. The lowest BCUT2D eigenvalue weighted by molar-refractivity contribution is -0.151. The molecule has 0 radical (unpaired) electrons. The molecule has 1 saturated heterocycles. The number of likely N-dealkylation sites (tertiary alicyclic amines) is 1. The van der Waals surface area contributed by atoms with Gasteiger partial charge in [-0.15, -0.1) is 0 Å². The molecule has 0 spiro atoms. The van der Waals surface area contributed by atoms with Crippen LogP contribution < -0.4 is 4.74 Å². The van der Waals surface area contributed by atoms with E-state index in [-0.39, 0.29) is 17.6 Å². The summed E-state index contributed by atoms with van der Waals surface area (Å²) in [6.07, 6.45) is 1.23. The van der Waals surface area contributed by atoms with Crippen molar-refractivity contribution in [3.8, 4) is 5.75 Å². The molecule has 2 rings (SSSR count). The highest BCUT2D eigenvalue weighted by Gasteiger charge is 2.38. The van der Waals surface area contributed by atoms with Gasteiger partial charge in [0.15, 0.2) is 11.6 Å². The van der Waals surface area contributed by atoms with Gasteiger partial charge in [-0.05, 0) is 57.5 Å². The van der Waals surface area contributed by atoms with Crippen LogP contribution in [0, 0.1) is 11.2 Å². The Morgan fingerprint density at radius 2 is 2.05 bits per heavy atom. The number of halogens is 1.